The minimum Gasteiger partial charge on any atom is -0.484 e. The van der Waals surface area contributed by atoms with Crippen molar-refractivity contribution in [1.29, 1.82) is 0 Å². The van der Waals surface area contributed by atoms with Crippen LogP contribution in [0.25, 0.3) is 53.9 Å². The van der Waals surface area contributed by atoms with Gasteiger partial charge in [0.15, 0.2) is 0 Å². The van der Waals surface area contributed by atoms with Gasteiger partial charge < -0.3 is 50.3 Å². The molecule has 0 amide bonds. The molecule has 15 heteroatoms. The van der Waals surface area contributed by atoms with Crippen LogP contribution in [0, 0.1) is 0 Å². The van der Waals surface area contributed by atoms with Gasteiger partial charge in [-0.25, -0.2) is 0 Å². The van der Waals surface area contributed by atoms with Crippen molar-refractivity contribution < 1.29 is 126 Å². The number of nitrogens with one attached hydrogen (secondary N) is 5. The second kappa shape index (κ2) is 42.1. The Bertz CT molecular complexity index is 9060. The minimum absolute atomic E-state index is 0.0914. The third-order valence-corrected chi connectivity index (χ3v) is 16.7. The van der Waals surface area contributed by atoms with Crippen LogP contribution in [0.3, 0.4) is 0 Å². The molecule has 5 heterocycles. The summed E-state index contributed by atoms with van der Waals surface area (Å²) in [6.07, 6.45) is -20.7. The third-order valence-electron chi connectivity index (χ3n) is 12.8. The highest BCUT2D eigenvalue weighted by Crippen LogP contribution is 2.38. The summed E-state index contributed by atoms with van der Waals surface area (Å²) in [6, 6.07) is -26.7. The van der Waals surface area contributed by atoms with E-state index in [1.807, 2.05) is 5.32 Å². The molecule has 0 bridgehead atoms. The lowest BCUT2D eigenvalue weighted by Gasteiger charge is -2.19. The van der Waals surface area contributed by atoms with Crippen molar-refractivity contribution in [2.45, 2.75) is 62.5 Å². The molecule has 5 N–H and O–H groups in total. The first kappa shape index (κ1) is 26.3. The number of fused-ring (bicyclic) bond motifs is 5. The van der Waals surface area contributed by atoms with E-state index in [0.717, 1.165) is 22.7 Å². The second-order valence-electron chi connectivity index (χ2n) is 19.2. The fourth-order valence-corrected chi connectivity index (χ4v) is 11.2. The van der Waals surface area contributed by atoms with Gasteiger partial charge in [-0.15, -0.1) is 56.7 Å². The van der Waals surface area contributed by atoms with Gasteiger partial charge in [-0.2, -0.15) is 0 Å². The number of thiophene rings is 5. The molecule has 5 atom stereocenters. The van der Waals surface area contributed by atoms with E-state index in [-0.39, 0.29) is 66.0 Å². The van der Waals surface area contributed by atoms with Crippen LogP contribution in [0.4, 0.5) is 0 Å². The molecule has 0 radical (unpaired) electrons. The largest absolute Gasteiger partial charge is 0.484 e. The molecular formula is C90H95N5O5S5. The fraction of sp³-hybridized carbons (Fsp3) is 0.222. The van der Waals surface area contributed by atoms with Crippen LogP contribution in [0.1, 0.15) is 190 Å². The Morgan fingerprint density at radius 3 is 1.03 bits per heavy atom. The molecule has 105 heavy (non-hydrogen) atoms. The third kappa shape index (κ3) is 22.4. The number of ether oxygens (including phenoxy) is 5. The zero-order valence-electron chi connectivity index (χ0n) is 128. The quantitative estimate of drug-likeness (QED) is 0.0299. The molecule has 0 saturated heterocycles. The smallest absolute Gasteiger partial charge is 0.134 e. The van der Waals surface area contributed by atoms with E-state index in [1.165, 1.54) is 28.1 Å². The fourth-order valence-electron chi connectivity index (χ4n) is 8.30. The summed E-state index contributed by atoms with van der Waals surface area (Å²) < 4.78 is 628. The van der Waals surface area contributed by atoms with Gasteiger partial charge in [0.05, 0.1) is 65.8 Å². The van der Waals surface area contributed by atoms with Gasteiger partial charge in [0.25, 0.3) is 0 Å². The van der Waals surface area contributed by atoms with Crippen LogP contribution in [-0.2, 0) is 0 Å². The summed E-state index contributed by atoms with van der Waals surface area (Å²) in [5.74, 6) is -3.40. The Labute approximate surface area is 745 Å². The lowest BCUT2D eigenvalue weighted by Crippen LogP contribution is -2.15. The van der Waals surface area contributed by atoms with Gasteiger partial charge in [-0.05, 0) is 182 Å². The van der Waals surface area contributed by atoms with Gasteiger partial charge in [-0.3, -0.25) is 0 Å². The molecule has 15 aromatic rings. The van der Waals surface area contributed by atoms with Gasteiger partial charge in [0, 0.05) is 120 Å². The molecule has 0 fully saturated rings. The standard InChI is InChI=1S/5C18H19NOS/c5*1-19-12-11-17(18-10-5-13-21-18)20-16-9-4-7-14-6-2-3-8-15(14)16/h5*2-10,13,17,19H,11-12H2,1H3/i1D3,2D,3D,4D,5D,6D,7D,8D,9D,10D,11D2,12D2,13D;1D3,2D,3D,4D,5D,6D,7D,8D,9D,10D,12D2,13D;1D3,2D,3D,4D,5D,6D,7D,8D,9D,10D,11D2,13D;1D3,2D,3D,4D,6D,7D,8D,9D,11D2,12D2,17D;1D3,2D,3D,4D,5D,6D,7D,8D,9D,10D,13D. The van der Waals surface area contributed by atoms with Crippen molar-refractivity contribution >= 4 is 111 Å². The van der Waals surface area contributed by atoms with Crippen molar-refractivity contribution in [3.8, 4) is 28.7 Å². The summed E-state index contributed by atoms with van der Waals surface area (Å²) in [7, 11) is 0. The average Bonchev–Trinajstić information content (AvgIpc) is 1.19. The highest BCUT2D eigenvalue weighted by Gasteiger charge is 2.21. The molecule has 540 valence electrons. The van der Waals surface area contributed by atoms with Crippen molar-refractivity contribution in [1.82, 2.24) is 26.6 Å². The molecule has 5 unspecified atom stereocenters. The molecule has 0 aliphatic rings. The predicted octanol–water partition coefficient (Wildman–Crippen LogP) is 23.2. The van der Waals surface area contributed by atoms with E-state index in [1.54, 1.807) is 5.32 Å². The van der Waals surface area contributed by atoms with E-state index in [2.05, 4.69) is 5.32 Å². The molecule has 10 nitrogen and oxygen atoms in total. The predicted molar refractivity (Wildman–Crippen MR) is 451 cm³/mol. The Hall–Kier alpha value is -9.20. The SMILES string of the molecule is [2H]c1c([2H])c([2H])c2c(OC([2H])(c3cccs3)C([2H])([2H])C([2H])([2H])NC([2H])([2H])[2H])c([2H])c([2H])c([2H])c2c1[2H].[2H]c1sc(C(CC([2H])([2H])NC([2H])([2H])[2H])Oc2c([2H])c([2H])c([2H])c3c([2H])c([2H])c([2H])c([2H])c23)c([2H])c1[2H].[2H]c1sc(C(CCNC([2H])([2H])[2H])Oc2c([2H])c([2H])c([2H])c3c([2H])c([2H])c([2H])c([2H])c23)c([2H])c1[2H].[2H]c1sc(C(Oc2c([2H])c([2H])c([2H])c3c([2H])c([2H])c([2H])c([2H])c23)C([2H])([2H])C([2H])([2H])NC([2H])([2H])[2H])c([2H])c1[2H].[2H]c1sc(C(Oc2c([2H])c([2H])c([2H])c3c([2H])c([2H])c([2H])c([2H])c23)C([2H])([2H])CNC([2H])([2H])[2H])c([2H])c1[2H]. The van der Waals surface area contributed by atoms with Crippen LogP contribution in [-0.4, -0.2) is 67.5 Å². The van der Waals surface area contributed by atoms with Crippen molar-refractivity contribution in [3.63, 3.8) is 0 Å². The maximum Gasteiger partial charge on any atom is 0.134 e. The Morgan fingerprint density at radius 2 is 0.648 bits per heavy atom. The van der Waals surface area contributed by atoms with Gasteiger partial charge in [-0.1, -0.05) is 212 Å². The molecule has 10 aromatic carbocycles. The van der Waals surface area contributed by atoms with Crippen molar-refractivity contribution in [2.75, 3.05) is 67.5 Å². The summed E-state index contributed by atoms with van der Waals surface area (Å²) >= 11 is 2.99. The topological polar surface area (TPSA) is 106 Å². The molecule has 0 aliphatic carbocycles. The summed E-state index contributed by atoms with van der Waals surface area (Å²) in [6.45, 7) is -25.0. The van der Waals surface area contributed by atoms with Gasteiger partial charge in [0.2, 0.25) is 0 Å². The molecule has 0 spiro atoms. The lowest BCUT2D eigenvalue weighted by molar-refractivity contribution is 0.201. The van der Waals surface area contributed by atoms with Crippen molar-refractivity contribution in [3.05, 3.63) is 323 Å². The van der Waals surface area contributed by atoms with Gasteiger partial charge >= 0.3 is 0 Å². The van der Waals surface area contributed by atoms with E-state index in [9.17, 15) is 0 Å². The maximum atomic E-state index is 8.96. The number of hydrogen-bond donors (Lipinski definition) is 5. The van der Waals surface area contributed by atoms with E-state index in [4.69, 9.17) is 126 Å². The Kier molecular flexibility index (Phi) is 10.6. The van der Waals surface area contributed by atoms with Crippen LogP contribution in [0.15, 0.2) is 299 Å². The first-order valence-corrected chi connectivity index (χ1v) is 33.6. The minimum atomic E-state index is -3.51. The van der Waals surface area contributed by atoms with Crippen molar-refractivity contribution in [2.24, 2.45) is 0 Å². The van der Waals surface area contributed by atoms with Gasteiger partial charge in [0.1, 0.15) is 59.2 Å². The van der Waals surface area contributed by atoms with E-state index in [0.29, 0.717) is 34.0 Å². The number of rotatable bonds is 30. The first-order chi connectivity index (χ1) is 81.9. The van der Waals surface area contributed by atoms with Crippen LogP contribution in [0.5, 0.6) is 28.7 Å². The van der Waals surface area contributed by atoms with E-state index >= 15 is 0 Å². The molecule has 0 aliphatic heterocycles. The average molecular weight is 1560 g/mol. The Morgan fingerprint density at radius 1 is 0.314 bits per heavy atom. The highest BCUT2D eigenvalue weighted by molar-refractivity contribution is 7.11. The lowest BCUT2D eigenvalue weighted by atomic mass is 10.1. The summed E-state index contributed by atoms with van der Waals surface area (Å²) in [5, 5.41) is 4.55. The summed E-state index contributed by atoms with van der Waals surface area (Å²) in [4.78, 5) is -1.17. The van der Waals surface area contributed by atoms with Crippen LogP contribution in [0.2, 0.25) is 0 Å². The molecular weight excluding hydrogens is 1390 g/mol. The second-order valence-corrected chi connectivity index (χ2v) is 23.5. The normalized spacial score (nSPS) is 24.4. The van der Waals surface area contributed by atoms with Crippen LogP contribution >= 0.6 is 56.7 Å². The number of hydrogen-bond acceptors (Lipinski definition) is 15. The molecule has 15 rings (SSSR count). The monoisotopic (exact) mass is 1560 g/mol. The summed E-state index contributed by atoms with van der Waals surface area (Å²) in [5.41, 5.74) is 0. The number of benzene rings is 10. The van der Waals surface area contributed by atoms with Crippen LogP contribution < -0.4 is 50.3 Å². The van der Waals surface area contributed by atoms with E-state index < -0.39 is 452 Å². The molecule has 0 saturated carbocycles. The molecule has 5 aromatic heterocycles. The maximum absolute atomic E-state index is 8.96. The highest BCUT2D eigenvalue weighted by atomic mass is 32.1. The zero-order valence-corrected chi connectivity index (χ0v) is 57.0. The zero-order chi connectivity index (χ0) is 138. The Balaban J connectivity index is 0.000000209. The first-order valence-electron chi connectivity index (χ1n) is 66.9.